The molecule has 1 heterocycles. The number of nitrogens with zero attached hydrogens (tertiary/aromatic N) is 3. The molecule has 62 valence electrons. The Hall–Kier alpha value is -1.76. The van der Waals surface area contributed by atoms with Crippen LogP contribution in [0.25, 0.3) is 0 Å². The molecule has 0 bridgehead atoms. The second kappa shape index (κ2) is 4.19. The summed E-state index contributed by atoms with van der Waals surface area (Å²) in [7, 11) is 1.83. The first-order valence-corrected chi connectivity index (χ1v) is 3.40. The van der Waals surface area contributed by atoms with Crippen LogP contribution in [0.1, 0.15) is 5.56 Å². The highest BCUT2D eigenvalue weighted by atomic mass is 16.6. The third-order valence-electron chi connectivity index (χ3n) is 1.15. The minimum Gasteiger partial charge on any atom is -0.383 e. The lowest BCUT2D eigenvalue weighted by atomic mass is 10.4. The Balaban J connectivity index is 2.42. The number of oxime groups is 1. The summed E-state index contributed by atoms with van der Waals surface area (Å²) in [6.07, 6.45) is 10.0. The van der Waals surface area contributed by atoms with Crippen LogP contribution in [0.2, 0.25) is 0 Å². The molecular formula is C8H9N3O. The van der Waals surface area contributed by atoms with Gasteiger partial charge in [-0.3, -0.25) is 4.68 Å². The lowest BCUT2D eigenvalue weighted by molar-refractivity contribution is 0.181. The molecule has 1 rings (SSSR count). The van der Waals surface area contributed by atoms with E-state index in [-0.39, 0.29) is 6.61 Å². The van der Waals surface area contributed by atoms with E-state index in [4.69, 9.17) is 11.3 Å². The van der Waals surface area contributed by atoms with E-state index >= 15 is 0 Å². The van der Waals surface area contributed by atoms with Crippen molar-refractivity contribution in [3.63, 3.8) is 0 Å². The summed E-state index contributed by atoms with van der Waals surface area (Å²) in [5.41, 5.74) is 0.884. The summed E-state index contributed by atoms with van der Waals surface area (Å²) in [5.74, 6) is 2.30. The van der Waals surface area contributed by atoms with Crippen molar-refractivity contribution < 1.29 is 4.84 Å². The number of rotatable bonds is 3. The van der Waals surface area contributed by atoms with E-state index in [1.54, 1.807) is 17.1 Å². The Morgan fingerprint density at radius 2 is 2.75 bits per heavy atom. The maximum atomic E-state index is 4.95. The van der Waals surface area contributed by atoms with Crippen LogP contribution >= 0.6 is 0 Å². The topological polar surface area (TPSA) is 39.4 Å². The normalized spacial score (nSPS) is 10.0. The van der Waals surface area contributed by atoms with Gasteiger partial charge in [-0.25, -0.2) is 0 Å². The van der Waals surface area contributed by atoms with Gasteiger partial charge >= 0.3 is 0 Å². The van der Waals surface area contributed by atoms with Gasteiger partial charge in [-0.2, -0.15) is 5.10 Å². The van der Waals surface area contributed by atoms with Gasteiger partial charge in [0.25, 0.3) is 0 Å². The number of hydrogen-bond donors (Lipinski definition) is 0. The summed E-state index contributed by atoms with van der Waals surface area (Å²) < 4.78 is 1.68. The maximum absolute atomic E-state index is 4.95. The average Bonchev–Trinajstić information content (AvgIpc) is 2.45. The second-order valence-corrected chi connectivity index (χ2v) is 2.16. The number of aryl methyl sites for hydroxylation is 1. The molecule has 0 saturated carbocycles. The molecule has 12 heavy (non-hydrogen) atoms. The van der Waals surface area contributed by atoms with Crippen LogP contribution in [0, 0.1) is 12.3 Å². The van der Waals surface area contributed by atoms with Gasteiger partial charge < -0.3 is 4.84 Å². The molecule has 0 radical (unpaired) electrons. The fourth-order valence-electron chi connectivity index (χ4n) is 0.679. The molecule has 4 heteroatoms. The van der Waals surface area contributed by atoms with E-state index in [9.17, 15) is 0 Å². The first-order chi connectivity index (χ1) is 5.83. The van der Waals surface area contributed by atoms with Crippen molar-refractivity contribution in [1.82, 2.24) is 9.78 Å². The quantitative estimate of drug-likeness (QED) is 0.280. The highest BCUT2D eigenvalue weighted by Gasteiger charge is 1.89. The van der Waals surface area contributed by atoms with E-state index in [0.29, 0.717) is 0 Å². The molecule has 0 aliphatic heterocycles. The second-order valence-electron chi connectivity index (χ2n) is 2.16. The standard InChI is InChI=1S/C8H9N3O/c1-3-4-12-10-6-8-5-9-11(2)7-8/h1,5-7H,4H2,2H3/b10-6+. The van der Waals surface area contributed by atoms with Crippen molar-refractivity contribution in [3.8, 4) is 12.3 Å². The van der Waals surface area contributed by atoms with E-state index in [2.05, 4.69) is 16.2 Å². The van der Waals surface area contributed by atoms with Crippen LogP contribution in [-0.2, 0) is 11.9 Å². The van der Waals surface area contributed by atoms with Crippen molar-refractivity contribution in [2.45, 2.75) is 0 Å². The van der Waals surface area contributed by atoms with E-state index in [0.717, 1.165) is 5.56 Å². The van der Waals surface area contributed by atoms with Gasteiger partial charge in [0.15, 0.2) is 6.61 Å². The molecule has 0 spiro atoms. The van der Waals surface area contributed by atoms with Crippen molar-refractivity contribution in [2.75, 3.05) is 6.61 Å². The minimum absolute atomic E-state index is 0.191. The van der Waals surface area contributed by atoms with Crippen LogP contribution in [0.4, 0.5) is 0 Å². The van der Waals surface area contributed by atoms with Crippen LogP contribution in [0.3, 0.4) is 0 Å². The number of hydrogen-bond acceptors (Lipinski definition) is 3. The van der Waals surface area contributed by atoms with Crippen LogP contribution in [-0.4, -0.2) is 22.6 Å². The van der Waals surface area contributed by atoms with Gasteiger partial charge in [0.05, 0.1) is 12.4 Å². The van der Waals surface area contributed by atoms with E-state index in [1.165, 1.54) is 0 Å². The third kappa shape index (κ3) is 2.46. The molecule has 0 amide bonds. The van der Waals surface area contributed by atoms with Crippen molar-refractivity contribution in [3.05, 3.63) is 18.0 Å². The zero-order valence-electron chi connectivity index (χ0n) is 6.77. The maximum Gasteiger partial charge on any atom is 0.177 e. The lowest BCUT2D eigenvalue weighted by Crippen LogP contribution is -1.85. The zero-order valence-corrected chi connectivity index (χ0v) is 6.77. The largest absolute Gasteiger partial charge is 0.383 e. The van der Waals surface area contributed by atoms with E-state index < -0.39 is 0 Å². The van der Waals surface area contributed by atoms with Crippen molar-refractivity contribution >= 4 is 6.21 Å². The summed E-state index contributed by atoms with van der Waals surface area (Å²) >= 11 is 0. The predicted molar refractivity (Wildman–Crippen MR) is 45.6 cm³/mol. The molecule has 0 atom stereocenters. The van der Waals surface area contributed by atoms with Crippen LogP contribution in [0.5, 0.6) is 0 Å². The number of aromatic nitrogens is 2. The Kier molecular flexibility index (Phi) is 2.91. The molecule has 1 aromatic heterocycles. The van der Waals surface area contributed by atoms with E-state index in [1.807, 2.05) is 13.2 Å². The number of terminal acetylenes is 1. The Morgan fingerprint density at radius 1 is 1.92 bits per heavy atom. The minimum atomic E-state index is 0.191. The monoisotopic (exact) mass is 163 g/mol. The van der Waals surface area contributed by atoms with Gasteiger partial charge in [-0.05, 0) is 0 Å². The zero-order chi connectivity index (χ0) is 8.81. The molecule has 0 N–H and O–H groups in total. The molecule has 0 unspecified atom stereocenters. The van der Waals surface area contributed by atoms with Gasteiger partial charge in [0, 0.05) is 18.8 Å². The Labute approximate surface area is 70.8 Å². The Bertz CT molecular complexity index is 308. The summed E-state index contributed by atoms with van der Waals surface area (Å²) in [4.78, 5) is 4.69. The Morgan fingerprint density at radius 3 is 3.33 bits per heavy atom. The highest BCUT2D eigenvalue weighted by Crippen LogP contribution is 1.90. The van der Waals surface area contributed by atoms with Gasteiger partial charge in [-0.15, -0.1) is 6.42 Å². The van der Waals surface area contributed by atoms with Gasteiger partial charge in [0.1, 0.15) is 0 Å². The van der Waals surface area contributed by atoms with Gasteiger partial charge in [0.2, 0.25) is 0 Å². The average molecular weight is 163 g/mol. The van der Waals surface area contributed by atoms with Crippen molar-refractivity contribution in [2.24, 2.45) is 12.2 Å². The summed E-state index contributed by atoms with van der Waals surface area (Å²) in [6.45, 7) is 0.191. The molecular weight excluding hydrogens is 154 g/mol. The van der Waals surface area contributed by atoms with Crippen LogP contribution < -0.4 is 0 Å². The smallest absolute Gasteiger partial charge is 0.177 e. The molecule has 0 saturated heterocycles. The summed E-state index contributed by atoms with van der Waals surface area (Å²) in [6, 6.07) is 0. The molecule has 0 aliphatic carbocycles. The summed E-state index contributed by atoms with van der Waals surface area (Å²) in [5, 5.41) is 7.57. The van der Waals surface area contributed by atoms with Crippen LogP contribution in [0.15, 0.2) is 17.5 Å². The highest BCUT2D eigenvalue weighted by molar-refractivity contribution is 5.78. The first-order valence-electron chi connectivity index (χ1n) is 3.40. The predicted octanol–water partition coefficient (Wildman–Crippen LogP) is 0.404. The molecule has 1 aromatic rings. The molecule has 0 fully saturated rings. The fourth-order valence-corrected chi connectivity index (χ4v) is 0.679. The van der Waals surface area contributed by atoms with Gasteiger partial charge in [-0.1, -0.05) is 11.1 Å². The lowest BCUT2D eigenvalue weighted by Gasteiger charge is -1.87. The van der Waals surface area contributed by atoms with Crippen molar-refractivity contribution in [1.29, 1.82) is 0 Å². The molecule has 4 nitrogen and oxygen atoms in total. The fraction of sp³-hybridized carbons (Fsp3) is 0.250. The molecule has 0 aliphatic rings. The first kappa shape index (κ1) is 8.34. The third-order valence-corrected chi connectivity index (χ3v) is 1.15. The SMILES string of the molecule is C#CCO/N=C/c1cnn(C)c1. The molecule has 0 aromatic carbocycles.